The Morgan fingerprint density at radius 1 is 1.56 bits per heavy atom. The second-order valence-electron chi connectivity index (χ2n) is 3.99. The zero-order valence-electron chi connectivity index (χ0n) is 10.2. The summed E-state index contributed by atoms with van der Waals surface area (Å²) in [5.74, 6) is 0.674. The third kappa shape index (κ3) is 2.24. The van der Waals surface area contributed by atoms with Crippen LogP contribution in [0.15, 0.2) is 12.3 Å². The Kier molecular flexibility index (Phi) is 4.06. The average Bonchev–Trinajstić information content (AvgIpc) is 2.68. The van der Waals surface area contributed by atoms with E-state index >= 15 is 0 Å². The summed E-state index contributed by atoms with van der Waals surface area (Å²) in [6.07, 6.45) is 3.13. The molecule has 0 radical (unpaired) electrons. The predicted molar refractivity (Wildman–Crippen MR) is 63.9 cm³/mol. The van der Waals surface area contributed by atoms with Gasteiger partial charge in [0, 0.05) is 19.7 Å². The summed E-state index contributed by atoms with van der Waals surface area (Å²) in [7, 11) is 1.79. The molecule has 5 nitrogen and oxygen atoms in total. The first-order valence-electron chi connectivity index (χ1n) is 5.59. The van der Waals surface area contributed by atoms with Crippen LogP contribution in [0.1, 0.15) is 26.7 Å². The molecule has 0 saturated carbocycles. The molecule has 0 bridgehead atoms. The molecular formula is C11H20N4O. The van der Waals surface area contributed by atoms with Crippen molar-refractivity contribution in [3.63, 3.8) is 0 Å². The van der Waals surface area contributed by atoms with E-state index in [1.807, 2.05) is 13.8 Å². The van der Waals surface area contributed by atoms with Crippen LogP contribution in [-0.2, 0) is 11.8 Å². The van der Waals surface area contributed by atoms with E-state index in [0.29, 0.717) is 12.4 Å². The predicted octanol–water partition coefficient (Wildman–Crippen LogP) is 1.12. The topological polar surface area (TPSA) is 72.9 Å². The normalized spacial score (nSPS) is 11.5. The van der Waals surface area contributed by atoms with Crippen LogP contribution in [0.5, 0.6) is 0 Å². The lowest BCUT2D eigenvalue weighted by Crippen LogP contribution is -2.41. The molecule has 0 unspecified atom stereocenters. The summed E-state index contributed by atoms with van der Waals surface area (Å²) in [4.78, 5) is 12.1. The maximum atomic E-state index is 12.1. The van der Waals surface area contributed by atoms with Gasteiger partial charge < -0.3 is 11.1 Å². The first-order valence-corrected chi connectivity index (χ1v) is 5.59. The number of aromatic nitrogens is 2. The SMILES string of the molecule is CCC(CC)(CN)C(=O)Nc1ccnn1C. The molecule has 0 saturated heterocycles. The minimum Gasteiger partial charge on any atom is -0.329 e. The monoisotopic (exact) mass is 224 g/mol. The molecule has 3 N–H and O–H groups in total. The van der Waals surface area contributed by atoms with Gasteiger partial charge in [0.05, 0.1) is 11.6 Å². The van der Waals surface area contributed by atoms with Gasteiger partial charge in [-0.15, -0.1) is 0 Å². The van der Waals surface area contributed by atoms with Crippen LogP contribution in [-0.4, -0.2) is 22.2 Å². The van der Waals surface area contributed by atoms with Gasteiger partial charge in [0.15, 0.2) is 0 Å². The molecule has 0 spiro atoms. The van der Waals surface area contributed by atoms with E-state index in [-0.39, 0.29) is 5.91 Å². The fourth-order valence-electron chi connectivity index (χ4n) is 1.70. The number of hydrogen-bond donors (Lipinski definition) is 2. The third-order valence-corrected chi connectivity index (χ3v) is 3.29. The van der Waals surface area contributed by atoms with Crippen molar-refractivity contribution < 1.29 is 4.79 Å². The number of nitrogens with one attached hydrogen (secondary N) is 1. The number of aryl methyl sites for hydroxylation is 1. The van der Waals surface area contributed by atoms with Crippen molar-refractivity contribution in [3.8, 4) is 0 Å². The molecule has 5 heteroatoms. The Balaban J connectivity index is 2.81. The third-order valence-electron chi connectivity index (χ3n) is 3.29. The van der Waals surface area contributed by atoms with Gasteiger partial charge in [-0.05, 0) is 12.8 Å². The van der Waals surface area contributed by atoms with E-state index in [2.05, 4.69) is 10.4 Å². The van der Waals surface area contributed by atoms with Gasteiger partial charge in [0.25, 0.3) is 0 Å². The van der Waals surface area contributed by atoms with Gasteiger partial charge in [-0.25, -0.2) is 0 Å². The number of amides is 1. The average molecular weight is 224 g/mol. The van der Waals surface area contributed by atoms with Gasteiger partial charge in [-0.3, -0.25) is 9.48 Å². The summed E-state index contributed by atoms with van der Waals surface area (Å²) in [5.41, 5.74) is 5.25. The summed E-state index contributed by atoms with van der Waals surface area (Å²) in [6.45, 7) is 4.34. The summed E-state index contributed by atoms with van der Waals surface area (Å²) >= 11 is 0. The Bertz CT molecular complexity index is 346. The van der Waals surface area contributed by atoms with Gasteiger partial charge in [0.2, 0.25) is 5.91 Å². The van der Waals surface area contributed by atoms with Crippen LogP contribution in [0.4, 0.5) is 5.82 Å². The Labute approximate surface area is 96.0 Å². The highest BCUT2D eigenvalue weighted by Crippen LogP contribution is 2.26. The Morgan fingerprint density at radius 3 is 2.56 bits per heavy atom. The zero-order valence-corrected chi connectivity index (χ0v) is 10.2. The van der Waals surface area contributed by atoms with Crippen molar-refractivity contribution in [3.05, 3.63) is 12.3 Å². The minimum absolute atomic E-state index is 0.0244. The molecule has 90 valence electrons. The van der Waals surface area contributed by atoms with E-state index in [0.717, 1.165) is 12.8 Å². The van der Waals surface area contributed by atoms with Crippen LogP contribution < -0.4 is 11.1 Å². The highest BCUT2D eigenvalue weighted by Gasteiger charge is 2.33. The standard InChI is InChI=1S/C11H20N4O/c1-4-11(5-2,8-12)10(16)14-9-6-7-13-15(9)3/h6-7H,4-5,8,12H2,1-3H3,(H,14,16). The maximum absolute atomic E-state index is 12.1. The molecule has 1 aromatic heterocycles. The Morgan fingerprint density at radius 2 is 2.19 bits per heavy atom. The van der Waals surface area contributed by atoms with E-state index < -0.39 is 5.41 Å². The molecule has 0 aliphatic heterocycles. The summed E-state index contributed by atoms with van der Waals surface area (Å²) in [5, 5.41) is 6.87. The second kappa shape index (κ2) is 5.12. The van der Waals surface area contributed by atoms with E-state index in [1.54, 1.807) is 24.0 Å². The van der Waals surface area contributed by atoms with Crippen molar-refractivity contribution in [2.24, 2.45) is 18.2 Å². The first kappa shape index (κ1) is 12.7. The van der Waals surface area contributed by atoms with Crippen LogP contribution in [0.3, 0.4) is 0 Å². The second-order valence-corrected chi connectivity index (χ2v) is 3.99. The molecule has 1 amide bonds. The molecule has 16 heavy (non-hydrogen) atoms. The summed E-state index contributed by atoms with van der Waals surface area (Å²) in [6, 6.07) is 1.77. The molecule has 0 aliphatic rings. The molecule has 0 aliphatic carbocycles. The molecule has 0 fully saturated rings. The van der Waals surface area contributed by atoms with Gasteiger partial charge >= 0.3 is 0 Å². The van der Waals surface area contributed by atoms with Crippen LogP contribution in [0.2, 0.25) is 0 Å². The molecule has 1 heterocycles. The molecule has 0 atom stereocenters. The first-order chi connectivity index (χ1) is 7.59. The van der Waals surface area contributed by atoms with Gasteiger partial charge in [0.1, 0.15) is 5.82 Å². The highest BCUT2D eigenvalue weighted by molar-refractivity contribution is 5.94. The van der Waals surface area contributed by atoms with Crippen molar-refractivity contribution in [2.75, 3.05) is 11.9 Å². The highest BCUT2D eigenvalue weighted by atomic mass is 16.2. The number of rotatable bonds is 5. The molecule has 1 rings (SSSR count). The van der Waals surface area contributed by atoms with Crippen LogP contribution in [0, 0.1) is 5.41 Å². The van der Waals surface area contributed by atoms with Crippen LogP contribution >= 0.6 is 0 Å². The lowest BCUT2D eigenvalue weighted by molar-refractivity contribution is -0.125. The van der Waals surface area contributed by atoms with Crippen molar-refractivity contribution in [1.82, 2.24) is 9.78 Å². The van der Waals surface area contributed by atoms with Gasteiger partial charge in [-0.1, -0.05) is 13.8 Å². The maximum Gasteiger partial charge on any atom is 0.232 e. The number of nitrogens with two attached hydrogens (primary N) is 1. The zero-order chi connectivity index (χ0) is 12.2. The number of hydrogen-bond acceptors (Lipinski definition) is 3. The fraction of sp³-hybridized carbons (Fsp3) is 0.636. The lowest BCUT2D eigenvalue weighted by atomic mass is 9.81. The number of nitrogens with zero attached hydrogens (tertiary/aromatic N) is 2. The molecule has 0 aromatic carbocycles. The number of anilines is 1. The smallest absolute Gasteiger partial charge is 0.232 e. The molecule has 1 aromatic rings. The van der Waals surface area contributed by atoms with E-state index in [9.17, 15) is 4.79 Å². The molecular weight excluding hydrogens is 204 g/mol. The number of carbonyl (C=O) groups excluding carboxylic acids is 1. The van der Waals surface area contributed by atoms with Crippen molar-refractivity contribution >= 4 is 11.7 Å². The number of carbonyl (C=O) groups is 1. The van der Waals surface area contributed by atoms with Gasteiger partial charge in [-0.2, -0.15) is 5.10 Å². The lowest BCUT2D eigenvalue weighted by Gasteiger charge is -2.28. The van der Waals surface area contributed by atoms with Crippen LogP contribution in [0.25, 0.3) is 0 Å². The van der Waals surface area contributed by atoms with E-state index in [1.165, 1.54) is 0 Å². The largest absolute Gasteiger partial charge is 0.329 e. The Hall–Kier alpha value is -1.36. The van der Waals surface area contributed by atoms with E-state index in [4.69, 9.17) is 5.73 Å². The summed E-state index contributed by atoms with van der Waals surface area (Å²) < 4.78 is 1.63. The van der Waals surface area contributed by atoms with Crippen molar-refractivity contribution in [1.29, 1.82) is 0 Å². The van der Waals surface area contributed by atoms with Crippen molar-refractivity contribution in [2.45, 2.75) is 26.7 Å². The minimum atomic E-state index is -0.468. The fourth-order valence-corrected chi connectivity index (χ4v) is 1.70. The quantitative estimate of drug-likeness (QED) is 0.787.